The summed E-state index contributed by atoms with van der Waals surface area (Å²) in [7, 11) is 1.59. The molecule has 2 aromatic heterocycles. The van der Waals surface area contributed by atoms with Crippen LogP contribution in [0, 0.1) is 5.92 Å². The Morgan fingerprint density at radius 3 is 2.48 bits per heavy atom. The van der Waals surface area contributed by atoms with Gasteiger partial charge in [0.1, 0.15) is 11.5 Å². The fourth-order valence-corrected chi connectivity index (χ4v) is 5.14. The molecule has 220 valence electrons. The maximum Gasteiger partial charge on any atom is 0.277 e. The Hall–Kier alpha value is -4.62. The van der Waals surface area contributed by atoms with Crippen LogP contribution < -0.4 is 15.7 Å². The van der Waals surface area contributed by atoms with Crippen molar-refractivity contribution < 1.29 is 34.3 Å². The van der Waals surface area contributed by atoms with E-state index in [4.69, 9.17) is 26.1 Å². The van der Waals surface area contributed by atoms with E-state index < -0.39 is 11.8 Å². The number of aromatic hydroxyl groups is 2. The van der Waals surface area contributed by atoms with Crippen LogP contribution in [-0.2, 0) is 4.74 Å². The number of phenols is 2. The number of hydroxylamine groups is 1. The number of rotatable bonds is 8. The number of carbonyl (C=O) groups is 2. The summed E-state index contributed by atoms with van der Waals surface area (Å²) in [4.78, 5) is 35.3. The predicted octanol–water partition coefficient (Wildman–Crippen LogP) is 3.67. The number of aromatic nitrogens is 3. The summed E-state index contributed by atoms with van der Waals surface area (Å²) in [5.41, 5.74) is 3.18. The van der Waals surface area contributed by atoms with Crippen molar-refractivity contribution >= 4 is 34.9 Å². The van der Waals surface area contributed by atoms with E-state index >= 15 is 0 Å². The average Bonchev–Trinajstić information content (AvgIpc) is 3.46. The largest absolute Gasteiger partial charge is 0.507 e. The van der Waals surface area contributed by atoms with Crippen molar-refractivity contribution in [2.24, 2.45) is 5.92 Å². The predicted molar refractivity (Wildman–Crippen MR) is 151 cm³/mol. The summed E-state index contributed by atoms with van der Waals surface area (Å²) < 4.78 is 10.9. The number of carbonyl (C=O) groups excluding carboxylic acids is 2. The molecule has 0 saturated carbocycles. The first-order chi connectivity index (χ1) is 20.3. The lowest BCUT2D eigenvalue weighted by Gasteiger charge is -2.32. The summed E-state index contributed by atoms with van der Waals surface area (Å²) in [6, 6.07) is 2.48. The van der Waals surface area contributed by atoms with E-state index in [1.807, 2.05) is 17.1 Å². The second-order valence-electron chi connectivity index (χ2n) is 9.94. The Kier molecular flexibility index (Phi) is 8.59. The molecule has 3 heterocycles. The minimum absolute atomic E-state index is 0.0127. The van der Waals surface area contributed by atoms with E-state index in [1.54, 1.807) is 12.6 Å². The first kappa shape index (κ1) is 28.9. The third-order valence-electron chi connectivity index (χ3n) is 7.36. The fourth-order valence-electron chi connectivity index (χ4n) is 4.98. The fraction of sp³-hybridized carbons (Fsp3) is 0.321. The lowest BCUT2D eigenvalue weighted by molar-refractivity contribution is 0.0705. The topological polar surface area (TPSA) is 183 Å². The van der Waals surface area contributed by atoms with Gasteiger partial charge in [-0.05, 0) is 42.9 Å². The van der Waals surface area contributed by atoms with Gasteiger partial charge < -0.3 is 29.7 Å². The maximum atomic E-state index is 13.4. The van der Waals surface area contributed by atoms with Crippen molar-refractivity contribution in [1.82, 2.24) is 25.9 Å². The van der Waals surface area contributed by atoms with Crippen LogP contribution in [0.1, 0.15) is 52.1 Å². The van der Waals surface area contributed by atoms with Gasteiger partial charge >= 0.3 is 0 Å². The molecule has 0 bridgehead atoms. The molecule has 0 radical (unpaired) electrons. The molecule has 0 unspecified atom stereocenters. The van der Waals surface area contributed by atoms with Crippen molar-refractivity contribution in [1.29, 1.82) is 0 Å². The highest BCUT2D eigenvalue weighted by Crippen LogP contribution is 2.43. The monoisotopic (exact) mass is 596 g/mol. The minimum atomic E-state index is -0.682. The van der Waals surface area contributed by atoms with Crippen LogP contribution >= 0.6 is 11.6 Å². The van der Waals surface area contributed by atoms with E-state index in [0.29, 0.717) is 44.0 Å². The molecule has 1 aliphatic carbocycles. The Labute approximate surface area is 245 Å². The third kappa shape index (κ3) is 6.02. The van der Waals surface area contributed by atoms with Gasteiger partial charge in [0.2, 0.25) is 5.95 Å². The molecule has 3 aromatic rings. The Morgan fingerprint density at radius 1 is 1.10 bits per heavy atom. The molecule has 0 spiro atoms. The van der Waals surface area contributed by atoms with Gasteiger partial charge in [0.25, 0.3) is 11.8 Å². The highest BCUT2D eigenvalue weighted by Gasteiger charge is 2.29. The molecule has 1 fully saturated rings. The molecule has 5 N–H and O–H groups in total. The van der Waals surface area contributed by atoms with Crippen molar-refractivity contribution in [2.45, 2.75) is 25.7 Å². The van der Waals surface area contributed by atoms with E-state index in [0.717, 1.165) is 30.2 Å². The molecule has 13 nitrogen and oxygen atoms in total. The molecule has 0 atom stereocenters. The van der Waals surface area contributed by atoms with Crippen LogP contribution in [0.25, 0.3) is 16.9 Å². The summed E-state index contributed by atoms with van der Waals surface area (Å²) in [5, 5.41) is 36.2. The molecule has 2 aliphatic rings. The van der Waals surface area contributed by atoms with Crippen LogP contribution in [0.2, 0.25) is 5.02 Å². The second-order valence-corrected chi connectivity index (χ2v) is 10.3. The van der Waals surface area contributed by atoms with Crippen molar-refractivity contribution in [3.05, 3.63) is 64.3 Å². The smallest absolute Gasteiger partial charge is 0.277 e. The third-order valence-corrected chi connectivity index (χ3v) is 7.66. The second kappa shape index (κ2) is 12.5. The normalized spacial score (nSPS) is 15.5. The molecular formula is C28H29ClN6O7. The molecule has 2 amide bonds. The SMILES string of the molecule is COC1=CC=C(c2c(C(=O)NCC3CCN(c4ncc(C(=O)NO)cn4)CC3)noc2-c2cc(Cl)c(O)cc2O)CC1. The molecule has 1 aromatic carbocycles. The van der Waals surface area contributed by atoms with Gasteiger partial charge in [-0.3, -0.25) is 14.8 Å². The van der Waals surface area contributed by atoms with Crippen LogP contribution in [0.15, 0.2) is 47.0 Å². The quantitative estimate of drug-likeness (QED) is 0.189. The van der Waals surface area contributed by atoms with Gasteiger partial charge in [0.15, 0.2) is 11.5 Å². The number of hydrogen-bond acceptors (Lipinski definition) is 11. The molecule has 14 heteroatoms. The van der Waals surface area contributed by atoms with Crippen molar-refractivity contribution in [3.63, 3.8) is 0 Å². The number of phenolic OH excluding ortho intramolecular Hbond substituents is 2. The van der Waals surface area contributed by atoms with E-state index in [-0.39, 0.29) is 45.0 Å². The first-order valence-electron chi connectivity index (χ1n) is 13.2. The highest BCUT2D eigenvalue weighted by molar-refractivity contribution is 6.32. The number of nitrogens with one attached hydrogen (secondary N) is 2. The van der Waals surface area contributed by atoms with E-state index in [1.165, 1.54) is 18.5 Å². The Bertz CT molecular complexity index is 1540. The van der Waals surface area contributed by atoms with Gasteiger partial charge in [-0.2, -0.15) is 0 Å². The van der Waals surface area contributed by atoms with Crippen molar-refractivity contribution in [3.8, 4) is 22.8 Å². The number of benzene rings is 1. The lowest BCUT2D eigenvalue weighted by Crippen LogP contribution is -2.39. The van der Waals surface area contributed by atoms with Crippen LogP contribution in [0.4, 0.5) is 5.95 Å². The van der Waals surface area contributed by atoms with Crippen LogP contribution in [0.5, 0.6) is 11.5 Å². The maximum absolute atomic E-state index is 13.4. The number of amides is 2. The summed E-state index contributed by atoms with van der Waals surface area (Å²) in [6.45, 7) is 1.73. The van der Waals surface area contributed by atoms with Crippen molar-refractivity contribution in [2.75, 3.05) is 31.6 Å². The highest BCUT2D eigenvalue weighted by atomic mass is 35.5. The summed E-state index contributed by atoms with van der Waals surface area (Å²) in [6.07, 6.45) is 9.04. The lowest BCUT2D eigenvalue weighted by atomic mass is 9.92. The van der Waals surface area contributed by atoms with Crippen LogP contribution in [0.3, 0.4) is 0 Å². The number of methoxy groups -OCH3 is 1. The summed E-state index contributed by atoms with van der Waals surface area (Å²) in [5.74, 6) is -0.0277. The minimum Gasteiger partial charge on any atom is -0.507 e. The number of allylic oxidation sites excluding steroid dienone is 4. The first-order valence-corrected chi connectivity index (χ1v) is 13.6. The van der Waals surface area contributed by atoms with Gasteiger partial charge in [-0.25, -0.2) is 15.4 Å². The van der Waals surface area contributed by atoms with Crippen LogP contribution in [-0.4, -0.2) is 69.1 Å². The average molecular weight is 597 g/mol. The zero-order valence-electron chi connectivity index (χ0n) is 22.6. The standard InChI is InChI=1S/C28H29ClN6O7/c1-41-18-4-2-16(3-5-18)23-24(34-42-25(23)19-10-20(29)22(37)11-21(19)36)27(39)30-12-15-6-8-35(9-7-15)28-31-13-17(14-32-28)26(38)33-40/h2,4,10-11,13-15,36-37,40H,3,5-9,12H2,1H3,(H,30,39)(H,33,38). The molecular weight excluding hydrogens is 568 g/mol. The zero-order chi connectivity index (χ0) is 29.8. The Morgan fingerprint density at radius 2 is 1.83 bits per heavy atom. The molecule has 42 heavy (non-hydrogen) atoms. The number of anilines is 1. The number of nitrogens with zero attached hydrogens (tertiary/aromatic N) is 4. The van der Waals surface area contributed by atoms with E-state index in [2.05, 4.69) is 20.4 Å². The molecule has 5 rings (SSSR count). The van der Waals surface area contributed by atoms with Gasteiger partial charge in [-0.1, -0.05) is 22.8 Å². The molecule has 1 saturated heterocycles. The number of ether oxygens (including phenoxy) is 1. The zero-order valence-corrected chi connectivity index (χ0v) is 23.4. The van der Waals surface area contributed by atoms with Gasteiger partial charge in [0, 0.05) is 44.5 Å². The van der Waals surface area contributed by atoms with Gasteiger partial charge in [-0.15, -0.1) is 0 Å². The number of piperidine rings is 1. The Balaban J connectivity index is 1.29. The number of hydrogen-bond donors (Lipinski definition) is 5. The number of halogens is 1. The molecule has 1 aliphatic heterocycles. The van der Waals surface area contributed by atoms with E-state index in [9.17, 15) is 19.8 Å². The summed E-state index contributed by atoms with van der Waals surface area (Å²) >= 11 is 6.11. The van der Waals surface area contributed by atoms with Gasteiger partial charge in [0.05, 0.1) is 34.6 Å².